The normalized spacial score (nSPS) is 11.5. The van der Waals surface area contributed by atoms with Crippen LogP contribution in [0.25, 0.3) is 88.9 Å². The summed E-state index contributed by atoms with van der Waals surface area (Å²) in [6, 6.07) is 40.8. The van der Waals surface area contributed by atoms with Gasteiger partial charge in [0.05, 0.1) is 50.6 Å². The quantitative estimate of drug-likeness (QED) is 0.178. The van der Waals surface area contributed by atoms with E-state index < -0.39 is 11.6 Å². The molecule has 0 unspecified atom stereocenters. The monoisotopic (exact) mass is 701 g/mol. The summed E-state index contributed by atoms with van der Waals surface area (Å²) in [7, 11) is 0. The molecule has 0 bridgehead atoms. The SMILES string of the molecule is N#Cc1cc(-n2c3ccccc3c3ccc(-c4ncccn4)cc32)c(-c2c(F)cccc2F)c(-n2c3ccccc3c3ccc(-c4ncccn4)cc32)c1. The molecule has 9 heteroatoms. The molecule has 10 aromatic rings. The fraction of sp³-hybridized carbons (Fsp3) is 0. The number of benzene rings is 6. The Hall–Kier alpha value is -7.57. The lowest BCUT2D eigenvalue weighted by Gasteiger charge is -2.21. The molecule has 0 aliphatic heterocycles. The second-order valence-electron chi connectivity index (χ2n) is 12.9. The van der Waals surface area contributed by atoms with Gasteiger partial charge >= 0.3 is 0 Å². The lowest BCUT2D eigenvalue weighted by Crippen LogP contribution is -2.07. The highest BCUT2D eigenvalue weighted by atomic mass is 19.1. The Bertz CT molecular complexity index is 2950. The summed E-state index contributed by atoms with van der Waals surface area (Å²) in [4.78, 5) is 18.0. The number of nitrogens with zero attached hydrogens (tertiary/aromatic N) is 7. The number of para-hydroxylation sites is 2. The minimum absolute atomic E-state index is 0.214. The maximum absolute atomic E-state index is 16.4. The van der Waals surface area contributed by atoms with Gasteiger partial charge in [0.25, 0.3) is 0 Å². The van der Waals surface area contributed by atoms with Crippen LogP contribution >= 0.6 is 0 Å². The van der Waals surface area contributed by atoms with Crippen LogP contribution in [-0.4, -0.2) is 29.1 Å². The molecule has 0 radical (unpaired) electrons. The number of hydrogen-bond acceptors (Lipinski definition) is 5. The maximum Gasteiger partial charge on any atom is 0.159 e. The van der Waals surface area contributed by atoms with E-state index in [4.69, 9.17) is 0 Å². The predicted molar refractivity (Wildman–Crippen MR) is 207 cm³/mol. The average Bonchev–Trinajstić information content (AvgIpc) is 3.73. The van der Waals surface area contributed by atoms with E-state index in [0.29, 0.717) is 28.6 Å². The van der Waals surface area contributed by atoms with Crippen LogP contribution in [0.4, 0.5) is 8.78 Å². The van der Waals surface area contributed by atoms with E-state index in [2.05, 4.69) is 26.0 Å². The van der Waals surface area contributed by atoms with E-state index >= 15 is 8.78 Å². The van der Waals surface area contributed by atoms with Crippen molar-refractivity contribution in [2.24, 2.45) is 0 Å². The van der Waals surface area contributed by atoms with Crippen molar-refractivity contribution in [3.05, 3.63) is 169 Å². The molecule has 0 spiro atoms. The summed E-state index contributed by atoms with van der Waals surface area (Å²) in [6.45, 7) is 0. The summed E-state index contributed by atoms with van der Waals surface area (Å²) in [5, 5.41) is 14.3. The van der Waals surface area contributed by atoms with Gasteiger partial charge in [-0.1, -0.05) is 66.7 Å². The molecule has 0 saturated carbocycles. The molecule has 0 atom stereocenters. The zero-order valence-corrected chi connectivity index (χ0v) is 28.3. The lowest BCUT2D eigenvalue weighted by atomic mass is 9.97. The Kier molecular flexibility index (Phi) is 7.10. The number of halogens is 2. The van der Waals surface area contributed by atoms with Crippen molar-refractivity contribution in [1.82, 2.24) is 29.1 Å². The maximum atomic E-state index is 16.4. The third-order valence-corrected chi connectivity index (χ3v) is 9.92. The first-order valence-corrected chi connectivity index (χ1v) is 17.2. The summed E-state index contributed by atoms with van der Waals surface area (Å²) in [5.41, 5.74) is 5.86. The van der Waals surface area contributed by atoms with Crippen LogP contribution in [0.2, 0.25) is 0 Å². The summed E-state index contributed by atoms with van der Waals surface area (Å²) >= 11 is 0. The molecule has 6 aromatic carbocycles. The highest BCUT2D eigenvalue weighted by Gasteiger charge is 2.27. The zero-order valence-electron chi connectivity index (χ0n) is 28.3. The van der Waals surface area contributed by atoms with Gasteiger partial charge in [0.15, 0.2) is 11.6 Å². The van der Waals surface area contributed by atoms with Crippen molar-refractivity contribution in [3.8, 4) is 51.3 Å². The molecule has 0 saturated heterocycles. The first-order valence-electron chi connectivity index (χ1n) is 17.2. The van der Waals surface area contributed by atoms with Gasteiger partial charge in [-0.3, -0.25) is 0 Å². The molecular formula is C45H25F2N7. The molecule has 0 fully saturated rings. The van der Waals surface area contributed by atoms with Gasteiger partial charge in [-0.25, -0.2) is 28.7 Å². The Balaban J connectivity index is 1.39. The van der Waals surface area contributed by atoms with Crippen LogP contribution in [0.15, 0.2) is 152 Å². The number of rotatable bonds is 5. The van der Waals surface area contributed by atoms with Crippen LogP contribution in [0.3, 0.4) is 0 Å². The van der Waals surface area contributed by atoms with Gasteiger partial charge < -0.3 is 9.13 Å². The Morgan fingerprint density at radius 3 is 1.35 bits per heavy atom. The molecular weight excluding hydrogens is 677 g/mol. The van der Waals surface area contributed by atoms with Crippen molar-refractivity contribution < 1.29 is 8.78 Å². The van der Waals surface area contributed by atoms with Crippen molar-refractivity contribution in [2.75, 3.05) is 0 Å². The van der Waals surface area contributed by atoms with Crippen LogP contribution in [0.5, 0.6) is 0 Å². The van der Waals surface area contributed by atoms with Crippen molar-refractivity contribution in [3.63, 3.8) is 0 Å². The topological polar surface area (TPSA) is 85.2 Å². The number of fused-ring (bicyclic) bond motifs is 6. The highest BCUT2D eigenvalue weighted by molar-refractivity contribution is 6.13. The summed E-state index contributed by atoms with van der Waals surface area (Å²) < 4.78 is 36.8. The van der Waals surface area contributed by atoms with Gasteiger partial charge in [-0.15, -0.1) is 0 Å². The largest absolute Gasteiger partial charge is 0.308 e. The smallest absolute Gasteiger partial charge is 0.159 e. The van der Waals surface area contributed by atoms with Crippen LogP contribution in [0.1, 0.15) is 5.56 Å². The Labute approximate surface area is 306 Å². The summed E-state index contributed by atoms with van der Waals surface area (Å²) in [6.07, 6.45) is 6.74. The van der Waals surface area contributed by atoms with Crippen molar-refractivity contribution >= 4 is 43.6 Å². The standard InChI is InChI=1S/C45H25F2N7/c46-34-10-5-11-35(47)42(34)43-40(53-36-12-3-1-8-30(36)32-16-14-28(24-38(32)53)44-49-18-6-19-50-44)22-27(26-48)23-41(43)54-37-13-4-2-9-31(37)33-17-15-29(25-39(33)54)45-51-20-7-21-52-45/h1-25H. The molecule has 0 N–H and O–H groups in total. The van der Waals surface area contributed by atoms with E-state index in [0.717, 1.165) is 54.7 Å². The summed E-state index contributed by atoms with van der Waals surface area (Å²) in [5.74, 6) is -0.404. The third-order valence-electron chi connectivity index (χ3n) is 9.92. The van der Waals surface area contributed by atoms with E-state index in [9.17, 15) is 5.26 Å². The molecule has 4 heterocycles. The molecule has 54 heavy (non-hydrogen) atoms. The number of nitriles is 1. The van der Waals surface area contributed by atoms with Gasteiger partial charge in [0.2, 0.25) is 0 Å². The fourth-order valence-corrected chi connectivity index (χ4v) is 7.66. The van der Waals surface area contributed by atoms with Crippen molar-refractivity contribution in [2.45, 2.75) is 0 Å². The minimum Gasteiger partial charge on any atom is -0.308 e. The third kappa shape index (κ3) is 4.78. The second-order valence-corrected chi connectivity index (χ2v) is 12.9. The first-order chi connectivity index (χ1) is 26.6. The van der Waals surface area contributed by atoms with Gasteiger partial charge in [0.1, 0.15) is 11.6 Å². The zero-order chi connectivity index (χ0) is 36.3. The Morgan fingerprint density at radius 1 is 0.444 bits per heavy atom. The number of aromatic nitrogens is 6. The van der Waals surface area contributed by atoms with Crippen LogP contribution in [-0.2, 0) is 0 Å². The van der Waals surface area contributed by atoms with Gasteiger partial charge in [0, 0.05) is 63.0 Å². The molecule has 4 aromatic heterocycles. The highest BCUT2D eigenvalue weighted by Crippen LogP contribution is 2.44. The average molecular weight is 702 g/mol. The predicted octanol–water partition coefficient (Wildman–Crippen LogP) is 10.6. The van der Waals surface area contributed by atoms with Crippen LogP contribution in [0, 0.1) is 23.0 Å². The molecule has 10 rings (SSSR count). The second kappa shape index (κ2) is 12.3. The molecule has 7 nitrogen and oxygen atoms in total. The number of hydrogen-bond donors (Lipinski definition) is 0. The van der Waals surface area contributed by atoms with E-state index in [1.165, 1.54) is 18.2 Å². The molecule has 0 aliphatic rings. The van der Waals surface area contributed by atoms with E-state index in [-0.39, 0.29) is 11.1 Å². The fourth-order valence-electron chi connectivity index (χ4n) is 7.66. The van der Waals surface area contributed by atoms with Crippen molar-refractivity contribution in [1.29, 1.82) is 5.26 Å². The van der Waals surface area contributed by atoms with Crippen LogP contribution < -0.4 is 0 Å². The molecule has 0 aliphatic carbocycles. The van der Waals surface area contributed by atoms with Gasteiger partial charge in [-0.2, -0.15) is 5.26 Å². The molecule has 254 valence electrons. The van der Waals surface area contributed by atoms with Gasteiger partial charge in [-0.05, 0) is 60.7 Å². The minimum atomic E-state index is -0.736. The van der Waals surface area contributed by atoms with E-state index in [1.54, 1.807) is 49.1 Å². The first kappa shape index (κ1) is 31.2. The Morgan fingerprint density at radius 2 is 0.889 bits per heavy atom. The molecule has 0 amide bonds. The van der Waals surface area contributed by atoms with E-state index in [1.807, 2.05) is 94.1 Å². The lowest BCUT2D eigenvalue weighted by molar-refractivity contribution is 0.589.